The van der Waals surface area contributed by atoms with Crippen LogP contribution in [0.15, 0.2) is 28.6 Å². The van der Waals surface area contributed by atoms with Crippen molar-refractivity contribution in [1.82, 2.24) is 10.2 Å². The van der Waals surface area contributed by atoms with Crippen molar-refractivity contribution in [2.24, 2.45) is 0 Å². The number of carbonyl (C=O) groups excluding carboxylic acids is 2. The Morgan fingerprint density at radius 1 is 1.15 bits per heavy atom. The lowest BCUT2D eigenvalue weighted by Crippen LogP contribution is -2.16. The Balaban J connectivity index is 1.57. The molecular formula is C21H22N4O5S3. The van der Waals surface area contributed by atoms with Crippen molar-refractivity contribution in [3.8, 4) is 0 Å². The molecule has 0 saturated heterocycles. The minimum atomic E-state index is -4.12. The maximum atomic E-state index is 13.0. The van der Waals surface area contributed by atoms with Gasteiger partial charge in [0.1, 0.15) is 5.00 Å². The third kappa shape index (κ3) is 5.07. The molecule has 3 aromatic rings. The summed E-state index contributed by atoms with van der Waals surface area (Å²) >= 11 is 1.98. The average Bonchev–Trinajstić information content (AvgIpc) is 3.38. The van der Waals surface area contributed by atoms with E-state index in [1.165, 1.54) is 11.3 Å². The summed E-state index contributed by atoms with van der Waals surface area (Å²) in [6, 6.07) is 6.99. The van der Waals surface area contributed by atoms with Crippen LogP contribution in [0.1, 0.15) is 56.5 Å². The first-order valence-corrected chi connectivity index (χ1v) is 13.5. The first kappa shape index (κ1) is 23.3. The molecule has 0 unspecified atom stereocenters. The van der Waals surface area contributed by atoms with Gasteiger partial charge >= 0.3 is 5.97 Å². The molecule has 0 atom stereocenters. The van der Waals surface area contributed by atoms with Gasteiger partial charge in [0.2, 0.25) is 5.13 Å². The number of rotatable bonds is 7. The highest BCUT2D eigenvalue weighted by atomic mass is 32.2. The highest BCUT2D eigenvalue weighted by Crippen LogP contribution is 2.39. The third-order valence-corrected chi connectivity index (χ3v) is 8.91. The fraction of sp³-hybridized carbons (Fsp3) is 0.333. The van der Waals surface area contributed by atoms with Crippen molar-refractivity contribution in [1.29, 1.82) is 0 Å². The number of sulfonamides is 1. The largest absolute Gasteiger partial charge is 0.462 e. The number of ether oxygens (including phenoxy) is 1. The van der Waals surface area contributed by atoms with Crippen LogP contribution in [0.25, 0.3) is 0 Å². The van der Waals surface area contributed by atoms with Crippen molar-refractivity contribution in [3.63, 3.8) is 0 Å². The number of nitrogens with one attached hydrogen (secondary N) is 2. The fourth-order valence-corrected chi connectivity index (χ4v) is 7.03. The zero-order chi connectivity index (χ0) is 23.6. The van der Waals surface area contributed by atoms with E-state index < -0.39 is 21.9 Å². The Kier molecular flexibility index (Phi) is 6.77. The molecule has 1 aliphatic rings. The lowest BCUT2D eigenvalue weighted by molar-refractivity contribution is 0.0526. The van der Waals surface area contributed by atoms with Gasteiger partial charge in [0.25, 0.3) is 20.3 Å². The van der Waals surface area contributed by atoms with Crippen molar-refractivity contribution < 1.29 is 22.7 Å². The van der Waals surface area contributed by atoms with Crippen LogP contribution in [0.4, 0.5) is 10.1 Å². The number of benzene rings is 1. The third-order valence-electron chi connectivity index (χ3n) is 5.01. The van der Waals surface area contributed by atoms with E-state index in [9.17, 15) is 18.0 Å². The van der Waals surface area contributed by atoms with E-state index in [1.54, 1.807) is 25.1 Å². The van der Waals surface area contributed by atoms with Gasteiger partial charge in [-0.05, 0) is 57.2 Å². The maximum Gasteiger partial charge on any atom is 0.341 e. The quantitative estimate of drug-likeness (QED) is 0.366. The number of hydrogen-bond donors (Lipinski definition) is 2. The second-order valence-electron chi connectivity index (χ2n) is 7.44. The first-order chi connectivity index (χ1) is 15.8. The first-order valence-electron chi connectivity index (χ1n) is 10.3. The fourth-order valence-electron chi connectivity index (χ4n) is 3.55. The molecule has 12 heteroatoms. The molecule has 2 N–H and O–H groups in total. The van der Waals surface area contributed by atoms with E-state index >= 15 is 0 Å². The standard InChI is InChI=1S/C21H22N4O5S3/c1-3-30-19(27)16-14-9-4-5-10-15(14)31-18(16)25-33(28,29)21-24-23-20(32-21)22-17(26)13-8-6-7-12(2)11-13/h6-8,11,25H,3-5,9-10H2,1-2H3,(H,22,23,26). The summed E-state index contributed by atoms with van der Waals surface area (Å²) in [5, 5.41) is 10.4. The highest BCUT2D eigenvalue weighted by Gasteiger charge is 2.30. The molecule has 174 valence electrons. The lowest BCUT2D eigenvalue weighted by atomic mass is 9.95. The summed E-state index contributed by atoms with van der Waals surface area (Å²) in [5.41, 5.74) is 2.47. The average molecular weight is 507 g/mol. The smallest absolute Gasteiger partial charge is 0.341 e. The zero-order valence-electron chi connectivity index (χ0n) is 18.0. The number of nitrogens with zero attached hydrogens (tertiary/aromatic N) is 2. The van der Waals surface area contributed by atoms with Crippen molar-refractivity contribution >= 4 is 54.7 Å². The summed E-state index contributed by atoms with van der Waals surface area (Å²) in [4.78, 5) is 26.0. The number of anilines is 2. The number of aromatic nitrogens is 2. The molecule has 0 saturated carbocycles. The van der Waals surface area contributed by atoms with Gasteiger partial charge in [0.15, 0.2) is 0 Å². The van der Waals surface area contributed by atoms with E-state index in [4.69, 9.17) is 4.74 Å². The molecule has 9 nitrogen and oxygen atoms in total. The Bertz CT molecular complexity index is 1310. The minimum Gasteiger partial charge on any atom is -0.462 e. The normalized spacial score (nSPS) is 13.3. The van der Waals surface area contributed by atoms with Gasteiger partial charge in [0, 0.05) is 10.4 Å². The Hall–Kier alpha value is -2.83. The molecule has 33 heavy (non-hydrogen) atoms. The van der Waals surface area contributed by atoms with Gasteiger partial charge in [0.05, 0.1) is 12.2 Å². The molecule has 2 heterocycles. The SMILES string of the molecule is CCOC(=O)c1c(NS(=O)(=O)c2nnc(NC(=O)c3cccc(C)c3)s2)sc2c1CCCC2. The second kappa shape index (κ2) is 9.57. The maximum absolute atomic E-state index is 13.0. The van der Waals surface area contributed by atoms with Gasteiger partial charge in [-0.25, -0.2) is 4.79 Å². The molecule has 0 fully saturated rings. The predicted octanol–water partition coefficient (Wildman–Crippen LogP) is 4.02. The van der Waals surface area contributed by atoms with Crippen LogP contribution in [0, 0.1) is 6.92 Å². The summed E-state index contributed by atoms with van der Waals surface area (Å²) in [6.07, 6.45) is 3.42. The summed E-state index contributed by atoms with van der Waals surface area (Å²) in [6.45, 7) is 3.76. The molecule has 2 aromatic heterocycles. The van der Waals surface area contributed by atoms with Crippen LogP contribution in [0.5, 0.6) is 0 Å². The minimum absolute atomic E-state index is 0.0537. The van der Waals surface area contributed by atoms with Crippen LogP contribution in [0.3, 0.4) is 0 Å². The molecule has 0 radical (unpaired) electrons. The second-order valence-corrected chi connectivity index (χ2v) is 11.4. The Morgan fingerprint density at radius 2 is 1.94 bits per heavy atom. The van der Waals surface area contributed by atoms with Crippen LogP contribution < -0.4 is 10.0 Å². The van der Waals surface area contributed by atoms with Crippen LogP contribution in [-0.4, -0.2) is 37.1 Å². The van der Waals surface area contributed by atoms with E-state index in [2.05, 4.69) is 20.2 Å². The number of aryl methyl sites for hydroxylation is 2. The topological polar surface area (TPSA) is 127 Å². The molecule has 4 rings (SSSR count). The number of thiophene rings is 1. The molecular weight excluding hydrogens is 484 g/mol. The van der Waals surface area contributed by atoms with Gasteiger partial charge in [-0.1, -0.05) is 29.0 Å². The molecule has 0 bridgehead atoms. The van der Waals surface area contributed by atoms with E-state index in [-0.39, 0.29) is 26.6 Å². The summed E-state index contributed by atoms with van der Waals surface area (Å²) in [5.74, 6) is -0.958. The van der Waals surface area contributed by atoms with Crippen LogP contribution >= 0.6 is 22.7 Å². The van der Waals surface area contributed by atoms with E-state index in [0.717, 1.165) is 46.6 Å². The number of amides is 1. The van der Waals surface area contributed by atoms with Gasteiger partial charge < -0.3 is 4.74 Å². The van der Waals surface area contributed by atoms with Crippen LogP contribution in [-0.2, 0) is 27.6 Å². The molecule has 1 aromatic carbocycles. The van der Waals surface area contributed by atoms with Crippen molar-refractivity contribution in [2.75, 3.05) is 16.6 Å². The molecule has 1 aliphatic carbocycles. The van der Waals surface area contributed by atoms with E-state index in [0.29, 0.717) is 12.0 Å². The van der Waals surface area contributed by atoms with Crippen molar-refractivity contribution in [3.05, 3.63) is 51.4 Å². The number of carbonyl (C=O) groups is 2. The zero-order valence-corrected chi connectivity index (χ0v) is 20.5. The summed E-state index contributed by atoms with van der Waals surface area (Å²) in [7, 11) is -4.12. The highest BCUT2D eigenvalue weighted by molar-refractivity contribution is 7.94. The Labute approximate surface area is 199 Å². The number of esters is 1. The summed E-state index contributed by atoms with van der Waals surface area (Å²) < 4.78 is 33.3. The van der Waals surface area contributed by atoms with Gasteiger partial charge in [-0.2, -0.15) is 8.42 Å². The number of fused-ring (bicyclic) bond motifs is 1. The van der Waals surface area contributed by atoms with Crippen LogP contribution in [0.2, 0.25) is 0 Å². The van der Waals surface area contributed by atoms with Gasteiger partial charge in [-0.3, -0.25) is 14.8 Å². The predicted molar refractivity (Wildman–Crippen MR) is 127 cm³/mol. The molecule has 0 aliphatic heterocycles. The molecule has 1 amide bonds. The lowest BCUT2D eigenvalue weighted by Gasteiger charge is -2.12. The molecule has 0 spiro atoms. The number of hydrogen-bond acceptors (Lipinski definition) is 9. The van der Waals surface area contributed by atoms with E-state index in [1.807, 2.05) is 13.0 Å². The monoisotopic (exact) mass is 506 g/mol. The van der Waals surface area contributed by atoms with Gasteiger partial charge in [-0.15, -0.1) is 21.5 Å². The Morgan fingerprint density at radius 3 is 2.70 bits per heavy atom. The van der Waals surface area contributed by atoms with Crippen molar-refractivity contribution in [2.45, 2.75) is 43.9 Å².